The molecule has 2 atom stereocenters. The van der Waals surface area contributed by atoms with Crippen LogP contribution in [0.3, 0.4) is 0 Å². The Morgan fingerprint density at radius 3 is 2.40 bits per heavy atom. The van der Waals surface area contributed by atoms with Crippen LogP contribution in [0.2, 0.25) is 0 Å². The number of benzene rings is 1. The molecular weight excluding hydrogens is 324 g/mol. The Bertz CT molecular complexity index is 693. The second kappa shape index (κ2) is 7.63. The van der Waals surface area contributed by atoms with Crippen molar-refractivity contribution in [2.75, 3.05) is 20.8 Å². The summed E-state index contributed by atoms with van der Waals surface area (Å²) in [6, 6.07) is 9.23. The van der Waals surface area contributed by atoms with Crippen molar-refractivity contribution >= 4 is 18.0 Å². The molecule has 0 radical (unpaired) electrons. The van der Waals surface area contributed by atoms with E-state index in [1.54, 1.807) is 19.9 Å². The fraction of sp³-hybridized carbons (Fsp3) is 0.368. The van der Waals surface area contributed by atoms with Crippen molar-refractivity contribution in [1.82, 2.24) is 0 Å². The van der Waals surface area contributed by atoms with Gasteiger partial charge in [-0.3, -0.25) is 0 Å². The molecule has 0 N–H and O–H groups in total. The molecule has 0 spiro atoms. The molecule has 2 rings (SSSR count). The Labute approximate surface area is 147 Å². The SMILES string of the molecule is CCOC(=O)/C(=C\c1ccccc1)[C@@]1(OC)C=C[C@@](C)(C(=O)OC)O1. The van der Waals surface area contributed by atoms with Crippen LogP contribution in [0, 0.1) is 0 Å². The molecule has 0 amide bonds. The minimum atomic E-state index is -1.55. The van der Waals surface area contributed by atoms with Gasteiger partial charge in [0.05, 0.1) is 13.7 Å². The van der Waals surface area contributed by atoms with Crippen molar-refractivity contribution in [3.8, 4) is 0 Å². The van der Waals surface area contributed by atoms with Crippen molar-refractivity contribution in [2.24, 2.45) is 0 Å². The first-order chi connectivity index (χ1) is 11.9. The monoisotopic (exact) mass is 346 g/mol. The quantitative estimate of drug-likeness (QED) is 0.448. The maximum Gasteiger partial charge on any atom is 0.342 e. The third-order valence-electron chi connectivity index (χ3n) is 3.86. The Hall–Kier alpha value is -2.44. The molecular formula is C19H22O6. The van der Waals surface area contributed by atoms with Gasteiger partial charge in [0.2, 0.25) is 5.79 Å². The number of methoxy groups -OCH3 is 2. The van der Waals surface area contributed by atoms with Gasteiger partial charge in [-0.05, 0) is 37.6 Å². The van der Waals surface area contributed by atoms with Crippen molar-refractivity contribution in [3.63, 3.8) is 0 Å². The normalized spacial score (nSPS) is 25.7. The van der Waals surface area contributed by atoms with Gasteiger partial charge in [0.1, 0.15) is 5.57 Å². The van der Waals surface area contributed by atoms with Gasteiger partial charge in [0.25, 0.3) is 0 Å². The maximum absolute atomic E-state index is 12.5. The molecule has 0 saturated heterocycles. The molecule has 25 heavy (non-hydrogen) atoms. The van der Waals surface area contributed by atoms with E-state index in [2.05, 4.69) is 0 Å². The van der Waals surface area contributed by atoms with E-state index >= 15 is 0 Å². The van der Waals surface area contributed by atoms with E-state index in [-0.39, 0.29) is 12.2 Å². The Morgan fingerprint density at radius 2 is 1.84 bits per heavy atom. The first-order valence-electron chi connectivity index (χ1n) is 7.89. The van der Waals surface area contributed by atoms with E-state index in [1.165, 1.54) is 26.4 Å². The van der Waals surface area contributed by atoms with E-state index in [0.717, 1.165) is 5.56 Å². The first-order valence-corrected chi connectivity index (χ1v) is 7.89. The van der Waals surface area contributed by atoms with Crippen LogP contribution in [-0.2, 0) is 28.5 Å². The van der Waals surface area contributed by atoms with E-state index in [0.29, 0.717) is 0 Å². The van der Waals surface area contributed by atoms with Crippen molar-refractivity contribution in [1.29, 1.82) is 0 Å². The molecule has 0 bridgehead atoms. The lowest BCUT2D eigenvalue weighted by Gasteiger charge is -2.31. The highest BCUT2D eigenvalue weighted by molar-refractivity contribution is 5.96. The predicted molar refractivity (Wildman–Crippen MR) is 91.4 cm³/mol. The average Bonchev–Trinajstić information content (AvgIpc) is 2.99. The summed E-state index contributed by atoms with van der Waals surface area (Å²) in [5.74, 6) is -2.73. The summed E-state index contributed by atoms with van der Waals surface area (Å²) in [5, 5.41) is 0. The van der Waals surface area contributed by atoms with Crippen LogP contribution in [0.5, 0.6) is 0 Å². The van der Waals surface area contributed by atoms with Crippen LogP contribution in [0.1, 0.15) is 19.4 Å². The van der Waals surface area contributed by atoms with Crippen LogP contribution in [0.4, 0.5) is 0 Å². The average molecular weight is 346 g/mol. The number of carbonyl (C=O) groups excluding carboxylic acids is 2. The molecule has 0 aliphatic carbocycles. The lowest BCUT2D eigenvalue weighted by atomic mass is 10.0. The zero-order chi connectivity index (χ0) is 18.5. The smallest absolute Gasteiger partial charge is 0.342 e. The fourth-order valence-electron chi connectivity index (χ4n) is 2.56. The zero-order valence-electron chi connectivity index (χ0n) is 14.8. The number of carbonyl (C=O) groups is 2. The van der Waals surface area contributed by atoms with Crippen LogP contribution in [0.25, 0.3) is 6.08 Å². The van der Waals surface area contributed by atoms with E-state index in [9.17, 15) is 9.59 Å². The molecule has 0 saturated carbocycles. The topological polar surface area (TPSA) is 71.1 Å². The van der Waals surface area contributed by atoms with Gasteiger partial charge in [0.15, 0.2) is 5.60 Å². The molecule has 1 aromatic rings. The summed E-state index contributed by atoms with van der Waals surface area (Å²) in [5.41, 5.74) is -0.467. The van der Waals surface area contributed by atoms with E-state index < -0.39 is 23.3 Å². The van der Waals surface area contributed by atoms with Gasteiger partial charge in [-0.2, -0.15) is 0 Å². The van der Waals surface area contributed by atoms with Crippen LogP contribution in [-0.4, -0.2) is 44.2 Å². The summed E-state index contributed by atoms with van der Waals surface area (Å²) in [6.07, 6.45) is 4.66. The van der Waals surface area contributed by atoms with Gasteiger partial charge in [-0.1, -0.05) is 30.3 Å². The molecule has 0 fully saturated rings. The highest BCUT2D eigenvalue weighted by Gasteiger charge is 2.52. The molecule has 1 aromatic carbocycles. The maximum atomic E-state index is 12.5. The minimum Gasteiger partial charge on any atom is -0.467 e. The standard InChI is InChI=1S/C19H22O6/c1-5-24-16(20)15(13-14-9-7-6-8-10-14)19(23-4)12-11-18(2,25-19)17(21)22-3/h6-13H,5H2,1-4H3/b15-13+/t18-,19+/m0/s1. The van der Waals surface area contributed by atoms with Crippen molar-refractivity contribution in [3.05, 3.63) is 53.6 Å². The lowest BCUT2D eigenvalue weighted by molar-refractivity contribution is -0.212. The third kappa shape index (κ3) is 3.81. The zero-order valence-corrected chi connectivity index (χ0v) is 14.8. The molecule has 1 aliphatic heterocycles. The van der Waals surface area contributed by atoms with E-state index in [4.69, 9.17) is 18.9 Å². The molecule has 134 valence electrons. The van der Waals surface area contributed by atoms with Crippen LogP contribution >= 0.6 is 0 Å². The van der Waals surface area contributed by atoms with Crippen molar-refractivity contribution in [2.45, 2.75) is 25.2 Å². The molecule has 6 heteroatoms. The summed E-state index contributed by atoms with van der Waals surface area (Å²) in [7, 11) is 2.66. The number of esters is 2. The number of hydrogen-bond donors (Lipinski definition) is 0. The van der Waals surface area contributed by atoms with Gasteiger partial charge in [-0.25, -0.2) is 9.59 Å². The fourth-order valence-corrected chi connectivity index (χ4v) is 2.56. The Kier molecular flexibility index (Phi) is 5.77. The molecule has 1 aliphatic rings. The summed E-state index contributed by atoms with van der Waals surface area (Å²) in [4.78, 5) is 24.6. The van der Waals surface area contributed by atoms with Gasteiger partial charge < -0.3 is 18.9 Å². The van der Waals surface area contributed by atoms with Gasteiger partial charge in [0, 0.05) is 7.11 Å². The Morgan fingerprint density at radius 1 is 1.16 bits per heavy atom. The van der Waals surface area contributed by atoms with Crippen LogP contribution < -0.4 is 0 Å². The van der Waals surface area contributed by atoms with Crippen LogP contribution in [0.15, 0.2) is 48.1 Å². The number of rotatable bonds is 6. The number of hydrogen-bond acceptors (Lipinski definition) is 6. The summed E-state index contributed by atoms with van der Waals surface area (Å²) in [6.45, 7) is 3.45. The summed E-state index contributed by atoms with van der Waals surface area (Å²) >= 11 is 0. The lowest BCUT2D eigenvalue weighted by Crippen LogP contribution is -2.45. The Balaban J connectivity index is 2.49. The molecule has 6 nitrogen and oxygen atoms in total. The summed E-state index contributed by atoms with van der Waals surface area (Å²) < 4.78 is 21.3. The highest BCUT2D eigenvalue weighted by Crippen LogP contribution is 2.39. The minimum absolute atomic E-state index is 0.131. The van der Waals surface area contributed by atoms with Crippen molar-refractivity contribution < 1.29 is 28.5 Å². The van der Waals surface area contributed by atoms with Gasteiger partial charge >= 0.3 is 11.9 Å². The van der Waals surface area contributed by atoms with Gasteiger partial charge in [-0.15, -0.1) is 0 Å². The molecule has 0 aromatic heterocycles. The number of ether oxygens (including phenoxy) is 4. The first kappa shape index (κ1) is 18.9. The second-order valence-electron chi connectivity index (χ2n) is 5.59. The van der Waals surface area contributed by atoms with E-state index in [1.807, 2.05) is 30.3 Å². The predicted octanol–water partition coefficient (Wildman–Crippen LogP) is 2.49. The largest absolute Gasteiger partial charge is 0.467 e. The highest BCUT2D eigenvalue weighted by atomic mass is 16.7. The third-order valence-corrected chi connectivity index (χ3v) is 3.86. The molecule has 0 unspecified atom stereocenters. The second-order valence-corrected chi connectivity index (χ2v) is 5.59. The molecule has 1 heterocycles.